The fourth-order valence-corrected chi connectivity index (χ4v) is 6.19. The summed E-state index contributed by atoms with van der Waals surface area (Å²) in [6, 6.07) is 11.8. The largest absolute Gasteiger partial charge is 0.506 e. The van der Waals surface area contributed by atoms with Crippen molar-refractivity contribution in [3.8, 4) is 11.8 Å². The summed E-state index contributed by atoms with van der Waals surface area (Å²) in [4.78, 5) is 21.9. The highest BCUT2D eigenvalue weighted by atomic mass is 16.5. The van der Waals surface area contributed by atoms with E-state index in [4.69, 9.17) is 4.74 Å². The molecular formula is C28H30N4O3. The maximum absolute atomic E-state index is 13.7. The summed E-state index contributed by atoms with van der Waals surface area (Å²) in [5.41, 5.74) is 4.66. The molecule has 3 heterocycles. The van der Waals surface area contributed by atoms with Gasteiger partial charge in [-0.05, 0) is 42.7 Å². The van der Waals surface area contributed by atoms with E-state index >= 15 is 0 Å². The predicted octanol–water partition coefficient (Wildman–Crippen LogP) is 3.92. The number of carbonyl (C=O) groups excluding carboxylic acids is 1. The first kappa shape index (κ1) is 22.1. The van der Waals surface area contributed by atoms with Crippen LogP contribution in [0, 0.1) is 11.3 Å². The van der Waals surface area contributed by atoms with Gasteiger partial charge in [0.1, 0.15) is 5.75 Å². The zero-order chi connectivity index (χ0) is 24.3. The highest BCUT2D eigenvalue weighted by molar-refractivity contribution is 6.20. The van der Waals surface area contributed by atoms with E-state index in [0.29, 0.717) is 22.7 Å². The molecule has 7 heteroatoms. The fraction of sp³-hybridized carbons (Fsp3) is 0.429. The number of fused-ring (bicyclic) bond motifs is 4. The van der Waals surface area contributed by atoms with Crippen LogP contribution in [0.15, 0.2) is 30.3 Å². The van der Waals surface area contributed by atoms with Crippen LogP contribution >= 0.6 is 0 Å². The van der Waals surface area contributed by atoms with E-state index in [0.717, 1.165) is 80.1 Å². The van der Waals surface area contributed by atoms with Gasteiger partial charge in [-0.2, -0.15) is 5.26 Å². The van der Waals surface area contributed by atoms with E-state index in [1.165, 1.54) is 0 Å². The summed E-state index contributed by atoms with van der Waals surface area (Å²) in [5, 5.41) is 21.2. The normalized spacial score (nSPS) is 20.5. The topological polar surface area (TPSA) is 92.6 Å². The van der Waals surface area contributed by atoms with Crippen LogP contribution in [0.4, 0.5) is 5.69 Å². The zero-order valence-electron chi connectivity index (χ0n) is 20.2. The number of aromatic amines is 1. The molecule has 6 rings (SSSR count). The minimum Gasteiger partial charge on any atom is -0.506 e. The van der Waals surface area contributed by atoms with Crippen molar-refractivity contribution in [2.75, 3.05) is 44.3 Å². The number of rotatable bonds is 2. The average molecular weight is 471 g/mol. The van der Waals surface area contributed by atoms with Crippen LogP contribution < -0.4 is 4.90 Å². The molecule has 0 saturated carbocycles. The van der Waals surface area contributed by atoms with Crippen LogP contribution in [-0.2, 0) is 10.2 Å². The van der Waals surface area contributed by atoms with Crippen molar-refractivity contribution in [1.29, 1.82) is 5.26 Å². The lowest BCUT2D eigenvalue weighted by molar-refractivity contribution is 0.0115. The number of nitrogens with one attached hydrogen (secondary N) is 1. The maximum atomic E-state index is 13.7. The van der Waals surface area contributed by atoms with Gasteiger partial charge < -0.3 is 19.7 Å². The summed E-state index contributed by atoms with van der Waals surface area (Å²) < 4.78 is 5.50. The van der Waals surface area contributed by atoms with Gasteiger partial charge in [-0.1, -0.05) is 19.9 Å². The summed E-state index contributed by atoms with van der Waals surface area (Å²) in [6.45, 7) is 9.58. The van der Waals surface area contributed by atoms with Gasteiger partial charge in [0, 0.05) is 59.8 Å². The second-order valence-corrected chi connectivity index (χ2v) is 10.5. The van der Waals surface area contributed by atoms with Crippen molar-refractivity contribution in [2.24, 2.45) is 0 Å². The molecule has 2 fully saturated rings. The SMILES string of the molecule is CC1(C)c2cc(N3CCC(N4CCOCC4)CC3)c(O)cc2C(=O)c2c1[nH]c1cc(C#N)ccc21. The number of carbonyl (C=O) groups is 1. The van der Waals surface area contributed by atoms with E-state index in [9.17, 15) is 15.2 Å². The second-order valence-electron chi connectivity index (χ2n) is 10.5. The molecule has 0 amide bonds. The number of aromatic nitrogens is 1. The van der Waals surface area contributed by atoms with Crippen molar-refractivity contribution in [1.82, 2.24) is 9.88 Å². The monoisotopic (exact) mass is 470 g/mol. The van der Waals surface area contributed by atoms with Crippen molar-refractivity contribution in [3.05, 3.63) is 58.3 Å². The minimum atomic E-state index is -0.459. The molecule has 7 nitrogen and oxygen atoms in total. The highest BCUT2D eigenvalue weighted by Gasteiger charge is 2.41. The number of anilines is 1. The Bertz CT molecular complexity index is 1370. The lowest BCUT2D eigenvalue weighted by atomic mass is 9.71. The molecule has 1 aliphatic carbocycles. The van der Waals surface area contributed by atoms with Gasteiger partial charge in [0.05, 0.1) is 36.1 Å². The summed E-state index contributed by atoms with van der Waals surface area (Å²) in [5.74, 6) is 0.0749. The van der Waals surface area contributed by atoms with Crippen LogP contribution in [0.1, 0.15) is 59.4 Å². The van der Waals surface area contributed by atoms with Crippen LogP contribution in [0.5, 0.6) is 5.75 Å². The third-order valence-electron chi connectivity index (χ3n) is 8.18. The number of H-pyrrole nitrogens is 1. The number of hydrogen-bond donors (Lipinski definition) is 2. The number of aromatic hydroxyl groups is 1. The summed E-state index contributed by atoms with van der Waals surface area (Å²) in [7, 11) is 0. The fourth-order valence-electron chi connectivity index (χ4n) is 6.19. The first-order valence-corrected chi connectivity index (χ1v) is 12.4. The molecule has 2 saturated heterocycles. The third-order valence-corrected chi connectivity index (χ3v) is 8.18. The number of benzene rings is 2. The second kappa shape index (κ2) is 8.11. The van der Waals surface area contributed by atoms with E-state index in [2.05, 4.69) is 34.7 Å². The number of morpholine rings is 1. The van der Waals surface area contributed by atoms with Crippen molar-refractivity contribution >= 4 is 22.4 Å². The Kier molecular flexibility index (Phi) is 5.13. The van der Waals surface area contributed by atoms with Gasteiger partial charge >= 0.3 is 0 Å². The molecule has 0 spiro atoms. The lowest BCUT2D eigenvalue weighted by Crippen LogP contribution is -2.49. The number of nitriles is 1. The molecule has 0 bridgehead atoms. The standard InChI is InChI=1S/C28H30N4O3/c1-28(2)21-15-23(32-7-5-18(6-8-32)31-9-11-35-12-10-31)24(33)14-20(21)26(34)25-19-4-3-17(16-29)13-22(19)30-27(25)28/h3-4,13-15,18,30,33H,5-12H2,1-2H3. The highest BCUT2D eigenvalue weighted by Crippen LogP contribution is 2.47. The molecule has 180 valence electrons. The smallest absolute Gasteiger partial charge is 0.195 e. The molecule has 35 heavy (non-hydrogen) atoms. The molecule has 3 aromatic rings. The number of phenolic OH excluding ortho intramolecular Hbond substituents is 1. The molecule has 3 aliphatic rings. The van der Waals surface area contributed by atoms with Gasteiger partial charge in [-0.3, -0.25) is 9.69 Å². The zero-order valence-corrected chi connectivity index (χ0v) is 20.2. The van der Waals surface area contributed by atoms with Gasteiger partial charge in [0.15, 0.2) is 5.78 Å². The Morgan fingerprint density at radius 3 is 2.57 bits per heavy atom. The van der Waals surface area contributed by atoms with E-state index in [1.54, 1.807) is 18.2 Å². The predicted molar refractivity (Wildman–Crippen MR) is 134 cm³/mol. The van der Waals surface area contributed by atoms with Gasteiger partial charge in [0.25, 0.3) is 0 Å². The maximum Gasteiger partial charge on any atom is 0.195 e. The van der Waals surface area contributed by atoms with Crippen LogP contribution in [-0.4, -0.2) is 66.2 Å². The number of hydrogen-bond acceptors (Lipinski definition) is 6. The molecule has 2 N–H and O–H groups in total. The Labute approximate surface area is 204 Å². The van der Waals surface area contributed by atoms with Crippen molar-refractivity contribution < 1.29 is 14.6 Å². The molecule has 1 aromatic heterocycles. The number of piperidine rings is 1. The van der Waals surface area contributed by atoms with Crippen molar-refractivity contribution in [2.45, 2.75) is 38.1 Å². The molecule has 2 aromatic carbocycles. The number of nitrogens with zero attached hydrogens (tertiary/aromatic N) is 3. The van der Waals surface area contributed by atoms with Crippen LogP contribution in [0.3, 0.4) is 0 Å². The molecular weight excluding hydrogens is 440 g/mol. The Morgan fingerprint density at radius 1 is 1.11 bits per heavy atom. The van der Waals surface area contributed by atoms with Crippen molar-refractivity contribution in [3.63, 3.8) is 0 Å². The quantitative estimate of drug-likeness (QED) is 0.590. The first-order valence-electron chi connectivity index (χ1n) is 12.4. The van der Waals surface area contributed by atoms with Crippen LogP contribution in [0.2, 0.25) is 0 Å². The lowest BCUT2D eigenvalue weighted by Gasteiger charge is -2.41. The first-order chi connectivity index (χ1) is 16.9. The molecule has 2 aliphatic heterocycles. The van der Waals surface area contributed by atoms with Gasteiger partial charge in [0.2, 0.25) is 0 Å². The van der Waals surface area contributed by atoms with E-state index in [1.807, 2.05) is 12.1 Å². The third kappa shape index (κ3) is 3.43. The summed E-state index contributed by atoms with van der Waals surface area (Å²) >= 11 is 0. The molecule has 0 unspecified atom stereocenters. The van der Waals surface area contributed by atoms with E-state index in [-0.39, 0.29) is 11.5 Å². The van der Waals surface area contributed by atoms with Gasteiger partial charge in [-0.25, -0.2) is 0 Å². The Morgan fingerprint density at radius 2 is 1.86 bits per heavy atom. The number of ether oxygens (including phenoxy) is 1. The molecule has 0 atom stereocenters. The average Bonchev–Trinajstić information content (AvgIpc) is 3.28. The Hall–Kier alpha value is -3.34. The van der Waals surface area contributed by atoms with Crippen LogP contribution in [0.25, 0.3) is 10.9 Å². The number of ketones is 1. The van der Waals surface area contributed by atoms with Gasteiger partial charge in [-0.15, -0.1) is 0 Å². The number of phenols is 1. The summed E-state index contributed by atoms with van der Waals surface area (Å²) in [6.07, 6.45) is 2.10. The molecule has 0 radical (unpaired) electrons. The Balaban J connectivity index is 1.35. The van der Waals surface area contributed by atoms with E-state index < -0.39 is 5.41 Å². The minimum absolute atomic E-state index is 0.0850.